The molecule has 0 bridgehead atoms. The Balaban J connectivity index is 2.75. The first kappa shape index (κ1) is 16.3. The number of rotatable bonds is 3. The minimum absolute atomic E-state index is 0.202. The van der Waals surface area contributed by atoms with Crippen LogP contribution in [0.2, 0.25) is 0 Å². The molecule has 6 heteroatoms. The molecule has 0 heterocycles. The summed E-state index contributed by atoms with van der Waals surface area (Å²) in [6.07, 6.45) is -1.08. The molecule has 1 saturated carbocycles. The standard InChI is InChI=1S/C13H23F3N2O/c1-8(2)9-6-4-5-7-10(9)18-11(19)12(3,17)13(14,15)16/h8-10H,4-7,17H2,1-3H3,(H,18,19). The van der Waals surface area contributed by atoms with E-state index in [1.54, 1.807) is 0 Å². The molecule has 1 aliphatic rings. The first-order valence-electron chi connectivity index (χ1n) is 6.74. The molecule has 1 rings (SSSR count). The predicted molar refractivity (Wildman–Crippen MR) is 67.4 cm³/mol. The maximum atomic E-state index is 12.7. The Kier molecular flexibility index (Phi) is 4.87. The van der Waals surface area contributed by atoms with Crippen molar-refractivity contribution in [3.8, 4) is 0 Å². The van der Waals surface area contributed by atoms with Gasteiger partial charge >= 0.3 is 6.18 Å². The van der Waals surface area contributed by atoms with E-state index in [1.165, 1.54) is 0 Å². The summed E-state index contributed by atoms with van der Waals surface area (Å²) in [6, 6.07) is -0.202. The highest BCUT2D eigenvalue weighted by Gasteiger charge is 2.54. The molecule has 1 fully saturated rings. The molecule has 3 unspecified atom stereocenters. The molecule has 1 aliphatic carbocycles. The Bertz CT molecular complexity index is 326. The van der Waals surface area contributed by atoms with Gasteiger partial charge in [-0.2, -0.15) is 13.2 Å². The van der Waals surface area contributed by atoms with E-state index in [0.29, 0.717) is 5.92 Å². The Morgan fingerprint density at radius 2 is 1.79 bits per heavy atom. The quantitative estimate of drug-likeness (QED) is 0.835. The van der Waals surface area contributed by atoms with Crippen LogP contribution in [0.3, 0.4) is 0 Å². The van der Waals surface area contributed by atoms with Crippen molar-refractivity contribution in [2.75, 3.05) is 0 Å². The summed E-state index contributed by atoms with van der Waals surface area (Å²) in [5.41, 5.74) is 2.31. The Labute approximate surface area is 112 Å². The normalized spacial score (nSPS) is 28.0. The number of nitrogens with two attached hydrogens (primary N) is 1. The summed E-state index contributed by atoms with van der Waals surface area (Å²) in [5.74, 6) is -0.570. The van der Waals surface area contributed by atoms with Crippen LogP contribution in [0.15, 0.2) is 0 Å². The highest BCUT2D eigenvalue weighted by Crippen LogP contribution is 2.32. The van der Waals surface area contributed by atoms with Crippen LogP contribution in [0.5, 0.6) is 0 Å². The smallest absolute Gasteiger partial charge is 0.351 e. The van der Waals surface area contributed by atoms with Gasteiger partial charge in [0, 0.05) is 6.04 Å². The third-order valence-corrected chi connectivity index (χ3v) is 4.05. The fourth-order valence-electron chi connectivity index (χ4n) is 2.58. The Morgan fingerprint density at radius 3 is 2.26 bits per heavy atom. The van der Waals surface area contributed by atoms with Gasteiger partial charge in [-0.25, -0.2) is 0 Å². The number of carbonyl (C=O) groups is 1. The molecule has 3 nitrogen and oxygen atoms in total. The first-order chi connectivity index (χ1) is 8.57. The first-order valence-corrected chi connectivity index (χ1v) is 6.74. The molecule has 112 valence electrons. The van der Waals surface area contributed by atoms with Gasteiger partial charge in [-0.1, -0.05) is 26.7 Å². The summed E-state index contributed by atoms with van der Waals surface area (Å²) in [4.78, 5) is 11.8. The lowest BCUT2D eigenvalue weighted by atomic mass is 9.77. The van der Waals surface area contributed by atoms with E-state index in [4.69, 9.17) is 5.73 Å². The van der Waals surface area contributed by atoms with Gasteiger partial charge in [-0.05, 0) is 31.6 Å². The van der Waals surface area contributed by atoms with E-state index in [-0.39, 0.29) is 12.0 Å². The molecular formula is C13H23F3N2O. The number of alkyl halides is 3. The van der Waals surface area contributed by atoms with Crippen LogP contribution >= 0.6 is 0 Å². The van der Waals surface area contributed by atoms with Crippen LogP contribution in [0.25, 0.3) is 0 Å². The van der Waals surface area contributed by atoms with Gasteiger partial charge in [0.25, 0.3) is 0 Å². The van der Waals surface area contributed by atoms with Crippen LogP contribution in [0.4, 0.5) is 13.2 Å². The van der Waals surface area contributed by atoms with Crippen molar-refractivity contribution in [2.24, 2.45) is 17.6 Å². The fourth-order valence-corrected chi connectivity index (χ4v) is 2.58. The number of amides is 1. The van der Waals surface area contributed by atoms with Crippen molar-refractivity contribution in [3.63, 3.8) is 0 Å². The lowest BCUT2D eigenvalue weighted by Gasteiger charge is -2.37. The number of carbonyl (C=O) groups excluding carboxylic acids is 1. The maximum absolute atomic E-state index is 12.7. The molecule has 0 aromatic carbocycles. The van der Waals surface area contributed by atoms with Gasteiger partial charge in [0.1, 0.15) is 0 Å². The molecule has 0 spiro atoms. The average molecular weight is 280 g/mol. The van der Waals surface area contributed by atoms with Gasteiger partial charge in [-0.15, -0.1) is 0 Å². The van der Waals surface area contributed by atoms with Gasteiger partial charge in [0.05, 0.1) is 0 Å². The molecule has 0 radical (unpaired) electrons. The Morgan fingerprint density at radius 1 is 1.26 bits per heavy atom. The lowest BCUT2D eigenvalue weighted by molar-refractivity contribution is -0.188. The third-order valence-electron chi connectivity index (χ3n) is 4.05. The fraction of sp³-hybridized carbons (Fsp3) is 0.923. The highest BCUT2D eigenvalue weighted by atomic mass is 19.4. The van der Waals surface area contributed by atoms with Crippen molar-refractivity contribution < 1.29 is 18.0 Å². The second-order valence-electron chi connectivity index (χ2n) is 5.97. The van der Waals surface area contributed by atoms with Crippen molar-refractivity contribution in [1.82, 2.24) is 5.32 Å². The van der Waals surface area contributed by atoms with Gasteiger partial charge in [0.2, 0.25) is 5.91 Å². The average Bonchev–Trinajstić information content (AvgIpc) is 2.27. The van der Waals surface area contributed by atoms with Crippen LogP contribution < -0.4 is 11.1 Å². The van der Waals surface area contributed by atoms with Crippen molar-refractivity contribution in [3.05, 3.63) is 0 Å². The molecule has 0 saturated heterocycles. The van der Waals surface area contributed by atoms with Crippen LogP contribution in [-0.4, -0.2) is 23.7 Å². The van der Waals surface area contributed by atoms with E-state index in [0.717, 1.165) is 32.6 Å². The van der Waals surface area contributed by atoms with Crippen molar-refractivity contribution in [2.45, 2.75) is 64.2 Å². The topological polar surface area (TPSA) is 55.1 Å². The van der Waals surface area contributed by atoms with Gasteiger partial charge in [-0.3, -0.25) is 4.79 Å². The van der Waals surface area contributed by atoms with E-state index in [2.05, 4.69) is 5.32 Å². The number of halogens is 3. The second-order valence-corrected chi connectivity index (χ2v) is 5.97. The third kappa shape index (κ3) is 3.61. The molecule has 0 aromatic heterocycles. The minimum atomic E-state index is -4.74. The van der Waals surface area contributed by atoms with E-state index in [9.17, 15) is 18.0 Å². The zero-order chi connectivity index (χ0) is 14.8. The van der Waals surface area contributed by atoms with Crippen LogP contribution in [0, 0.1) is 11.8 Å². The van der Waals surface area contributed by atoms with E-state index < -0.39 is 17.6 Å². The van der Waals surface area contributed by atoms with Crippen LogP contribution in [0.1, 0.15) is 46.5 Å². The summed E-state index contributed by atoms with van der Waals surface area (Å²) in [6.45, 7) is 4.77. The summed E-state index contributed by atoms with van der Waals surface area (Å²) < 4.78 is 38.1. The summed E-state index contributed by atoms with van der Waals surface area (Å²) in [7, 11) is 0. The minimum Gasteiger partial charge on any atom is -0.351 e. The molecule has 1 amide bonds. The molecular weight excluding hydrogens is 257 g/mol. The molecule has 3 N–H and O–H groups in total. The number of nitrogens with one attached hydrogen (secondary N) is 1. The summed E-state index contributed by atoms with van der Waals surface area (Å²) in [5, 5.41) is 2.51. The largest absolute Gasteiger partial charge is 0.415 e. The second kappa shape index (κ2) is 5.69. The monoisotopic (exact) mass is 280 g/mol. The molecule has 3 atom stereocenters. The number of hydrogen-bond donors (Lipinski definition) is 2. The van der Waals surface area contributed by atoms with Gasteiger partial charge in [0.15, 0.2) is 5.54 Å². The SMILES string of the molecule is CC(C)C1CCCCC1NC(=O)C(C)(N)C(F)(F)F. The number of hydrogen-bond acceptors (Lipinski definition) is 2. The predicted octanol–water partition coefficient (Wildman–Crippen LogP) is 2.60. The summed E-state index contributed by atoms with van der Waals surface area (Å²) >= 11 is 0. The van der Waals surface area contributed by atoms with E-state index in [1.807, 2.05) is 13.8 Å². The van der Waals surface area contributed by atoms with Crippen molar-refractivity contribution >= 4 is 5.91 Å². The lowest BCUT2D eigenvalue weighted by Crippen LogP contribution is -2.63. The van der Waals surface area contributed by atoms with Crippen LogP contribution in [-0.2, 0) is 4.79 Å². The molecule has 0 aromatic rings. The van der Waals surface area contributed by atoms with E-state index >= 15 is 0 Å². The maximum Gasteiger partial charge on any atom is 0.415 e. The molecule has 19 heavy (non-hydrogen) atoms. The highest BCUT2D eigenvalue weighted by molar-refractivity contribution is 5.86. The zero-order valence-corrected chi connectivity index (χ0v) is 11.7. The zero-order valence-electron chi connectivity index (χ0n) is 11.7. The molecule has 0 aliphatic heterocycles. The van der Waals surface area contributed by atoms with Gasteiger partial charge < -0.3 is 11.1 Å². The Hall–Kier alpha value is -0.780. The van der Waals surface area contributed by atoms with Crippen molar-refractivity contribution in [1.29, 1.82) is 0 Å².